The van der Waals surface area contributed by atoms with Crippen LogP contribution in [0.5, 0.6) is 0 Å². The molecule has 3 aromatic carbocycles. The van der Waals surface area contributed by atoms with Crippen LogP contribution in [0.3, 0.4) is 0 Å². The first-order valence-corrected chi connectivity index (χ1v) is 8.12. The number of benzene rings is 3. The van der Waals surface area contributed by atoms with Gasteiger partial charge in [-0.05, 0) is 30.7 Å². The number of aryl methyl sites for hydroxylation is 2. The molecule has 0 saturated heterocycles. The van der Waals surface area contributed by atoms with Gasteiger partial charge < -0.3 is 9.40 Å². The lowest BCUT2D eigenvalue weighted by Crippen LogP contribution is -2.28. The number of H-pyrrole nitrogens is 1. The van der Waals surface area contributed by atoms with Crippen LogP contribution in [0.25, 0.3) is 44.4 Å². The van der Waals surface area contributed by atoms with E-state index in [0.717, 1.165) is 33.6 Å². The van der Waals surface area contributed by atoms with Crippen molar-refractivity contribution < 1.29 is 8.98 Å². The predicted molar refractivity (Wildman–Crippen MR) is 96.9 cm³/mol. The largest absolute Gasteiger partial charge is 0.395 e. The second-order valence-electron chi connectivity index (χ2n) is 6.29. The normalized spacial score (nSPS) is 11.8. The number of fused-ring (bicyclic) bond motifs is 5. The van der Waals surface area contributed by atoms with E-state index in [0.29, 0.717) is 0 Å². The highest BCUT2D eigenvalue weighted by Gasteiger charge is 2.24. The molecule has 0 atom stereocenters. The van der Waals surface area contributed by atoms with Gasteiger partial charge in [-0.2, -0.15) is 4.57 Å². The van der Waals surface area contributed by atoms with Crippen LogP contribution < -0.4 is 4.57 Å². The fourth-order valence-electron chi connectivity index (χ4n) is 3.57. The van der Waals surface area contributed by atoms with E-state index in [2.05, 4.69) is 78.1 Å². The van der Waals surface area contributed by atoms with E-state index < -0.39 is 0 Å². The van der Waals surface area contributed by atoms with Gasteiger partial charge in [0.05, 0.1) is 11.1 Å². The van der Waals surface area contributed by atoms with Crippen LogP contribution in [0.15, 0.2) is 65.1 Å². The summed E-state index contributed by atoms with van der Waals surface area (Å²) in [5.41, 5.74) is 6.53. The van der Waals surface area contributed by atoms with Gasteiger partial charge in [-0.25, -0.2) is 0 Å². The molecule has 0 radical (unpaired) electrons. The first-order chi connectivity index (χ1) is 11.7. The Bertz CT molecular complexity index is 1230. The van der Waals surface area contributed by atoms with Gasteiger partial charge in [-0.15, -0.1) is 0 Å². The molecule has 0 aliphatic carbocycles. The zero-order chi connectivity index (χ0) is 16.3. The average Bonchev–Trinajstić information content (AvgIpc) is 3.14. The molecule has 0 spiro atoms. The molecule has 3 nitrogen and oxygen atoms in total. The number of hydrogen-bond acceptors (Lipinski definition) is 1. The van der Waals surface area contributed by atoms with Crippen molar-refractivity contribution in [2.24, 2.45) is 7.05 Å². The topological polar surface area (TPSA) is 32.8 Å². The van der Waals surface area contributed by atoms with Crippen molar-refractivity contribution >= 4 is 32.9 Å². The zero-order valence-electron chi connectivity index (χ0n) is 13.6. The molecular formula is C21H17N2O+. The summed E-state index contributed by atoms with van der Waals surface area (Å²) in [7, 11) is 2.06. The summed E-state index contributed by atoms with van der Waals surface area (Å²) >= 11 is 0. The van der Waals surface area contributed by atoms with Gasteiger partial charge in [-0.1, -0.05) is 36.4 Å². The maximum atomic E-state index is 6.34. The highest BCUT2D eigenvalue weighted by Crippen LogP contribution is 2.33. The van der Waals surface area contributed by atoms with Gasteiger partial charge in [-0.3, -0.25) is 0 Å². The first kappa shape index (κ1) is 13.4. The van der Waals surface area contributed by atoms with E-state index in [-0.39, 0.29) is 0 Å². The zero-order valence-corrected chi connectivity index (χ0v) is 13.6. The summed E-state index contributed by atoms with van der Waals surface area (Å²) in [5.74, 6) is 0.884. The van der Waals surface area contributed by atoms with Gasteiger partial charge >= 0.3 is 5.89 Å². The van der Waals surface area contributed by atoms with E-state index in [1.165, 1.54) is 16.3 Å². The second-order valence-corrected chi connectivity index (χ2v) is 6.29. The number of aromatic amines is 1. The molecule has 116 valence electrons. The standard InChI is InChI=1S/C21H17N2O/c1-13-7-3-4-8-14(13)21-23(2)18-12-11-16-15-9-5-6-10-17(15)22-19(16)20(18)24-21/h3-12,22H,1-2H3/q+1. The lowest BCUT2D eigenvalue weighted by molar-refractivity contribution is -0.637. The SMILES string of the molecule is Cc1ccccc1-c1oc2c3[nH]c4ccccc4c3ccc2[n+]1C. The van der Waals surface area contributed by atoms with Crippen LogP contribution >= 0.6 is 0 Å². The molecule has 5 aromatic rings. The smallest absolute Gasteiger partial charge is 0.381 e. The van der Waals surface area contributed by atoms with Crippen LogP contribution in [0.1, 0.15) is 5.56 Å². The predicted octanol–water partition coefficient (Wildman–Crippen LogP) is 4.87. The number of para-hydroxylation sites is 1. The molecule has 0 saturated carbocycles. The molecule has 0 unspecified atom stereocenters. The molecule has 24 heavy (non-hydrogen) atoms. The Morgan fingerprint density at radius 2 is 1.67 bits per heavy atom. The van der Waals surface area contributed by atoms with Crippen LogP contribution in [-0.4, -0.2) is 4.98 Å². The van der Waals surface area contributed by atoms with Crippen LogP contribution in [0.4, 0.5) is 0 Å². The summed E-state index contributed by atoms with van der Waals surface area (Å²) in [5, 5.41) is 2.43. The quantitative estimate of drug-likeness (QED) is 0.440. The van der Waals surface area contributed by atoms with Crippen molar-refractivity contribution in [2.75, 3.05) is 0 Å². The lowest BCUT2D eigenvalue weighted by atomic mass is 10.1. The third-order valence-corrected chi connectivity index (χ3v) is 4.85. The number of nitrogens with zero attached hydrogens (tertiary/aromatic N) is 1. The minimum atomic E-state index is 0.884. The van der Waals surface area contributed by atoms with Gasteiger partial charge in [0.1, 0.15) is 7.05 Å². The number of oxazole rings is 1. The lowest BCUT2D eigenvalue weighted by Gasteiger charge is -1.97. The molecule has 0 bridgehead atoms. The number of rotatable bonds is 1. The monoisotopic (exact) mass is 313 g/mol. The second kappa shape index (κ2) is 4.71. The Hall–Kier alpha value is -3.07. The maximum Gasteiger partial charge on any atom is 0.381 e. The Kier molecular flexibility index (Phi) is 2.63. The average molecular weight is 313 g/mol. The Labute approximate surface area is 139 Å². The molecule has 0 amide bonds. The van der Waals surface area contributed by atoms with Crippen molar-refractivity contribution in [2.45, 2.75) is 6.92 Å². The van der Waals surface area contributed by atoms with E-state index in [1.807, 2.05) is 6.07 Å². The number of nitrogens with one attached hydrogen (secondary N) is 1. The van der Waals surface area contributed by atoms with E-state index in [9.17, 15) is 0 Å². The van der Waals surface area contributed by atoms with Crippen molar-refractivity contribution in [1.82, 2.24) is 4.98 Å². The van der Waals surface area contributed by atoms with Crippen LogP contribution in [-0.2, 0) is 7.05 Å². The minimum absolute atomic E-state index is 0.884. The fraction of sp³-hybridized carbons (Fsp3) is 0.0952. The van der Waals surface area contributed by atoms with Crippen molar-refractivity contribution in [3.63, 3.8) is 0 Å². The Morgan fingerprint density at radius 3 is 2.54 bits per heavy atom. The molecule has 2 aromatic heterocycles. The molecule has 0 aliphatic heterocycles. The van der Waals surface area contributed by atoms with Gasteiger partial charge in [0.2, 0.25) is 5.58 Å². The highest BCUT2D eigenvalue weighted by atomic mass is 16.4. The summed E-state index contributed by atoms with van der Waals surface area (Å²) in [6.45, 7) is 2.11. The van der Waals surface area contributed by atoms with E-state index in [1.54, 1.807) is 0 Å². The highest BCUT2D eigenvalue weighted by molar-refractivity contribution is 6.14. The van der Waals surface area contributed by atoms with Crippen LogP contribution in [0, 0.1) is 6.92 Å². The van der Waals surface area contributed by atoms with Gasteiger partial charge in [0.25, 0.3) is 5.52 Å². The summed E-state index contributed by atoms with van der Waals surface area (Å²) in [6, 6.07) is 21.0. The third-order valence-electron chi connectivity index (χ3n) is 4.85. The maximum absolute atomic E-state index is 6.34. The molecule has 3 heteroatoms. The van der Waals surface area contributed by atoms with Crippen molar-refractivity contribution in [3.8, 4) is 11.5 Å². The van der Waals surface area contributed by atoms with Crippen LogP contribution in [0.2, 0.25) is 0 Å². The molecule has 5 rings (SSSR count). The van der Waals surface area contributed by atoms with E-state index in [4.69, 9.17) is 4.42 Å². The summed E-state index contributed by atoms with van der Waals surface area (Å²) in [6.07, 6.45) is 0. The molecular weight excluding hydrogens is 296 g/mol. The van der Waals surface area contributed by atoms with Crippen molar-refractivity contribution in [3.05, 3.63) is 66.2 Å². The Balaban J connectivity index is 1.91. The molecule has 1 N–H and O–H groups in total. The molecule has 2 heterocycles. The molecule has 0 aliphatic rings. The van der Waals surface area contributed by atoms with Gasteiger partial charge in [0.15, 0.2) is 0 Å². The number of hydrogen-bond donors (Lipinski definition) is 1. The van der Waals surface area contributed by atoms with E-state index >= 15 is 0 Å². The minimum Gasteiger partial charge on any atom is -0.395 e. The Morgan fingerprint density at radius 1 is 0.875 bits per heavy atom. The molecule has 0 fully saturated rings. The third kappa shape index (κ3) is 1.69. The summed E-state index contributed by atoms with van der Waals surface area (Å²) in [4.78, 5) is 3.52. The number of aromatic nitrogens is 2. The fourth-order valence-corrected chi connectivity index (χ4v) is 3.57. The first-order valence-electron chi connectivity index (χ1n) is 8.12. The van der Waals surface area contributed by atoms with Gasteiger partial charge in [0, 0.05) is 22.4 Å². The summed E-state index contributed by atoms with van der Waals surface area (Å²) < 4.78 is 8.47. The van der Waals surface area contributed by atoms with Crippen molar-refractivity contribution in [1.29, 1.82) is 0 Å².